The minimum absolute atomic E-state index is 0.670. The van der Waals surface area contributed by atoms with Crippen molar-refractivity contribution >= 4 is 21.6 Å². The molecule has 0 amide bonds. The third kappa shape index (κ3) is 3.70. The summed E-state index contributed by atoms with van der Waals surface area (Å²) in [5.41, 5.74) is 7.95. The number of hydrogen-bond donors (Lipinski definition) is 1. The van der Waals surface area contributed by atoms with Gasteiger partial charge < -0.3 is 15.4 Å². The van der Waals surface area contributed by atoms with Gasteiger partial charge in [0.25, 0.3) is 0 Å². The van der Waals surface area contributed by atoms with Crippen LogP contribution in [-0.2, 0) is 11.3 Å². The fraction of sp³-hybridized carbons (Fsp3) is 0.571. The first kappa shape index (κ1) is 13.8. The zero-order valence-corrected chi connectivity index (χ0v) is 12.4. The van der Waals surface area contributed by atoms with Crippen LogP contribution in [0.2, 0.25) is 0 Å². The third-order valence-corrected chi connectivity index (χ3v) is 4.34. The Morgan fingerprint density at radius 2 is 2.33 bits per heavy atom. The first-order chi connectivity index (χ1) is 8.66. The zero-order chi connectivity index (χ0) is 13.0. The second-order valence-corrected chi connectivity index (χ2v) is 5.89. The summed E-state index contributed by atoms with van der Waals surface area (Å²) in [7, 11) is 2.16. The highest BCUT2D eigenvalue weighted by Crippen LogP contribution is 2.25. The summed E-state index contributed by atoms with van der Waals surface area (Å²) in [6.07, 6.45) is 2.48. The van der Waals surface area contributed by atoms with Crippen molar-refractivity contribution in [1.29, 1.82) is 0 Å². The average Bonchev–Trinajstić information content (AvgIpc) is 2.36. The molecule has 2 rings (SSSR count). The molecule has 0 spiro atoms. The molecule has 0 bridgehead atoms. The smallest absolute Gasteiger partial charge is 0.0506 e. The Morgan fingerprint density at radius 3 is 3.06 bits per heavy atom. The molecule has 1 unspecified atom stereocenters. The first-order valence-electron chi connectivity index (χ1n) is 6.46. The fourth-order valence-corrected chi connectivity index (χ4v) is 2.86. The topological polar surface area (TPSA) is 38.5 Å². The van der Waals surface area contributed by atoms with Crippen molar-refractivity contribution in [3.05, 3.63) is 28.2 Å². The minimum atomic E-state index is 0.670. The quantitative estimate of drug-likeness (QED) is 0.869. The highest BCUT2D eigenvalue weighted by molar-refractivity contribution is 9.10. The lowest BCUT2D eigenvalue weighted by Gasteiger charge is -2.27. The normalized spacial score (nSPS) is 20.3. The Bertz CT molecular complexity index is 391. The Morgan fingerprint density at radius 1 is 1.50 bits per heavy atom. The van der Waals surface area contributed by atoms with Gasteiger partial charge in [-0.15, -0.1) is 0 Å². The highest BCUT2D eigenvalue weighted by atomic mass is 79.9. The maximum atomic E-state index is 5.90. The van der Waals surface area contributed by atoms with Crippen LogP contribution in [0.15, 0.2) is 22.7 Å². The van der Waals surface area contributed by atoms with E-state index < -0.39 is 0 Å². The van der Waals surface area contributed by atoms with Gasteiger partial charge in [0, 0.05) is 29.9 Å². The van der Waals surface area contributed by atoms with Gasteiger partial charge in [-0.2, -0.15) is 0 Å². The van der Waals surface area contributed by atoms with E-state index in [0.717, 1.165) is 36.5 Å². The third-order valence-electron chi connectivity index (χ3n) is 3.37. The van der Waals surface area contributed by atoms with Crippen molar-refractivity contribution in [3.8, 4) is 0 Å². The molecular formula is C14H21BrN2O. The van der Waals surface area contributed by atoms with E-state index in [4.69, 9.17) is 10.5 Å². The van der Waals surface area contributed by atoms with E-state index in [1.54, 1.807) is 0 Å². The largest absolute Gasteiger partial charge is 0.398 e. The molecule has 100 valence electrons. The van der Waals surface area contributed by atoms with Crippen LogP contribution in [0.4, 0.5) is 5.69 Å². The highest BCUT2D eigenvalue weighted by Gasteiger charge is 2.16. The number of ether oxygens (including phenoxy) is 1. The minimum Gasteiger partial charge on any atom is -0.398 e. The number of benzene rings is 1. The first-order valence-corrected chi connectivity index (χ1v) is 7.25. The van der Waals surface area contributed by atoms with E-state index in [1.165, 1.54) is 18.4 Å². The molecule has 1 aliphatic rings. The summed E-state index contributed by atoms with van der Waals surface area (Å²) in [4.78, 5) is 2.35. The summed E-state index contributed by atoms with van der Waals surface area (Å²) >= 11 is 3.56. The molecule has 1 aromatic carbocycles. The molecule has 1 saturated heterocycles. The molecule has 2 N–H and O–H groups in total. The van der Waals surface area contributed by atoms with E-state index in [0.29, 0.717) is 5.92 Å². The van der Waals surface area contributed by atoms with Gasteiger partial charge in [0.1, 0.15) is 0 Å². The summed E-state index contributed by atoms with van der Waals surface area (Å²) in [5.74, 6) is 0.670. The van der Waals surface area contributed by atoms with E-state index >= 15 is 0 Å². The number of rotatable bonds is 4. The summed E-state index contributed by atoms with van der Waals surface area (Å²) in [5, 5.41) is 0. The molecule has 1 aromatic rings. The molecule has 0 saturated carbocycles. The predicted octanol–water partition coefficient (Wildman–Crippen LogP) is 2.89. The van der Waals surface area contributed by atoms with Crippen molar-refractivity contribution < 1.29 is 4.74 Å². The SMILES string of the molecule is CN(Cc1cccc(N)c1Br)CC1CCCOC1. The Balaban J connectivity index is 1.90. The van der Waals surface area contributed by atoms with Crippen molar-refractivity contribution in [3.63, 3.8) is 0 Å². The van der Waals surface area contributed by atoms with Crippen LogP contribution in [0.5, 0.6) is 0 Å². The lowest BCUT2D eigenvalue weighted by atomic mass is 10.0. The van der Waals surface area contributed by atoms with Crippen LogP contribution >= 0.6 is 15.9 Å². The van der Waals surface area contributed by atoms with Crippen LogP contribution in [0.25, 0.3) is 0 Å². The zero-order valence-electron chi connectivity index (χ0n) is 10.9. The maximum absolute atomic E-state index is 5.90. The summed E-state index contributed by atoms with van der Waals surface area (Å²) in [6, 6.07) is 6.05. The van der Waals surface area contributed by atoms with Gasteiger partial charge in [0.15, 0.2) is 0 Å². The molecule has 3 nitrogen and oxygen atoms in total. The molecule has 1 atom stereocenters. The number of anilines is 1. The lowest BCUT2D eigenvalue weighted by Crippen LogP contribution is -2.30. The standard InChI is InChI=1S/C14H21BrN2O/c1-17(8-11-4-3-7-18-10-11)9-12-5-2-6-13(16)14(12)15/h2,5-6,11H,3-4,7-10,16H2,1H3. The summed E-state index contributed by atoms with van der Waals surface area (Å²) < 4.78 is 6.54. The van der Waals surface area contributed by atoms with Crippen LogP contribution in [0, 0.1) is 5.92 Å². The van der Waals surface area contributed by atoms with Gasteiger partial charge in [0.2, 0.25) is 0 Å². The van der Waals surface area contributed by atoms with Crippen LogP contribution in [0.3, 0.4) is 0 Å². The van der Waals surface area contributed by atoms with Crippen molar-refractivity contribution in [2.24, 2.45) is 5.92 Å². The van der Waals surface area contributed by atoms with Crippen LogP contribution in [-0.4, -0.2) is 31.7 Å². The number of nitrogens with zero attached hydrogens (tertiary/aromatic N) is 1. The molecule has 0 aliphatic carbocycles. The Kier molecular flexibility index (Phi) is 5.03. The number of nitrogen functional groups attached to an aromatic ring is 1. The predicted molar refractivity (Wildman–Crippen MR) is 78.4 cm³/mol. The monoisotopic (exact) mass is 312 g/mol. The summed E-state index contributed by atoms with van der Waals surface area (Å²) in [6.45, 7) is 3.84. The van der Waals surface area contributed by atoms with Gasteiger partial charge in [-0.1, -0.05) is 12.1 Å². The Hall–Kier alpha value is -0.580. The maximum Gasteiger partial charge on any atom is 0.0506 e. The Labute approximate surface area is 117 Å². The number of halogens is 1. The lowest BCUT2D eigenvalue weighted by molar-refractivity contribution is 0.0411. The fourth-order valence-electron chi connectivity index (χ4n) is 2.47. The van der Waals surface area contributed by atoms with Gasteiger partial charge >= 0.3 is 0 Å². The van der Waals surface area contributed by atoms with E-state index in [1.807, 2.05) is 12.1 Å². The van der Waals surface area contributed by atoms with Gasteiger partial charge in [-0.3, -0.25) is 0 Å². The number of nitrogens with two attached hydrogens (primary N) is 1. The van der Waals surface area contributed by atoms with Crippen molar-refractivity contribution in [2.75, 3.05) is 32.5 Å². The molecule has 0 radical (unpaired) electrons. The van der Waals surface area contributed by atoms with E-state index in [2.05, 4.69) is 33.9 Å². The van der Waals surface area contributed by atoms with E-state index in [9.17, 15) is 0 Å². The molecule has 1 fully saturated rings. The molecule has 18 heavy (non-hydrogen) atoms. The van der Waals surface area contributed by atoms with Crippen LogP contribution < -0.4 is 5.73 Å². The van der Waals surface area contributed by atoms with E-state index in [-0.39, 0.29) is 0 Å². The van der Waals surface area contributed by atoms with Gasteiger partial charge in [-0.05, 0) is 53.4 Å². The molecular weight excluding hydrogens is 292 g/mol. The van der Waals surface area contributed by atoms with Crippen molar-refractivity contribution in [2.45, 2.75) is 19.4 Å². The van der Waals surface area contributed by atoms with Gasteiger partial charge in [0.05, 0.1) is 6.61 Å². The second-order valence-electron chi connectivity index (χ2n) is 5.10. The second kappa shape index (κ2) is 6.55. The average molecular weight is 313 g/mol. The van der Waals surface area contributed by atoms with Gasteiger partial charge in [-0.25, -0.2) is 0 Å². The van der Waals surface area contributed by atoms with Crippen molar-refractivity contribution in [1.82, 2.24) is 4.90 Å². The molecule has 1 heterocycles. The number of hydrogen-bond acceptors (Lipinski definition) is 3. The molecule has 0 aromatic heterocycles. The molecule has 1 aliphatic heterocycles. The molecule has 4 heteroatoms. The van der Waals surface area contributed by atoms with Crippen LogP contribution in [0.1, 0.15) is 18.4 Å².